The Labute approximate surface area is 171 Å². The van der Waals surface area contributed by atoms with E-state index in [1.807, 2.05) is 6.92 Å². The second kappa shape index (κ2) is 12.9. The van der Waals surface area contributed by atoms with Gasteiger partial charge < -0.3 is 14.4 Å². The summed E-state index contributed by atoms with van der Waals surface area (Å²) in [7, 11) is -3.85. The van der Waals surface area contributed by atoms with E-state index in [2.05, 4.69) is 6.92 Å². The number of sulfone groups is 1. The maximum Gasteiger partial charge on any atom is 0.267 e. The maximum atomic E-state index is 12.5. The lowest BCUT2D eigenvalue weighted by Gasteiger charge is -2.04. The van der Waals surface area contributed by atoms with E-state index in [1.54, 1.807) is 0 Å². The Morgan fingerprint density at radius 2 is 1.57 bits per heavy atom. The summed E-state index contributed by atoms with van der Waals surface area (Å²) >= 11 is 0.579. The van der Waals surface area contributed by atoms with Crippen LogP contribution >= 0.6 is 12.3 Å². The largest absolute Gasteiger partial charge is 0.503 e. The van der Waals surface area contributed by atoms with Crippen LogP contribution in [0.4, 0.5) is 0 Å². The highest BCUT2D eigenvalue weighted by Gasteiger charge is 2.23. The van der Waals surface area contributed by atoms with Gasteiger partial charge in [0.05, 0.1) is 12.4 Å². The lowest BCUT2D eigenvalue weighted by molar-refractivity contribution is 0.331. The average molecular weight is 435 g/mol. The minimum atomic E-state index is -3.85. The highest BCUT2D eigenvalue weighted by Crippen LogP contribution is 2.31. The Kier molecular flexibility index (Phi) is 11.3. The van der Waals surface area contributed by atoms with Crippen molar-refractivity contribution < 1.29 is 27.0 Å². The van der Waals surface area contributed by atoms with E-state index in [1.165, 1.54) is 0 Å². The molecule has 0 heterocycles. The number of unbranched alkanes of at least 4 members (excludes halogenated alkanes) is 6. The first-order valence-electron chi connectivity index (χ1n) is 9.63. The van der Waals surface area contributed by atoms with Crippen LogP contribution in [0.15, 0.2) is 21.8 Å². The van der Waals surface area contributed by atoms with Crippen LogP contribution in [0.25, 0.3) is 0 Å². The van der Waals surface area contributed by atoms with Crippen molar-refractivity contribution >= 4 is 22.2 Å². The molecule has 28 heavy (non-hydrogen) atoms. The highest BCUT2D eigenvalue weighted by molar-refractivity contribution is 7.91. The van der Waals surface area contributed by atoms with Gasteiger partial charge in [-0.05, 0) is 25.0 Å². The van der Waals surface area contributed by atoms with Gasteiger partial charge in [-0.25, -0.2) is 8.42 Å². The lowest BCUT2D eigenvalue weighted by atomic mass is 10.2. The molecule has 9 heteroatoms. The molecule has 0 spiro atoms. The van der Waals surface area contributed by atoms with Crippen LogP contribution < -0.4 is 9.61 Å². The first kappa shape index (κ1) is 24.6. The number of rotatable bonds is 14. The molecular formula is C19H30O7S2. The Morgan fingerprint density at radius 3 is 2.21 bits per heavy atom. The van der Waals surface area contributed by atoms with E-state index in [0.717, 1.165) is 57.1 Å². The van der Waals surface area contributed by atoms with Gasteiger partial charge in [0.2, 0.25) is 18.1 Å². The van der Waals surface area contributed by atoms with Gasteiger partial charge in [0, 0.05) is 0 Å². The summed E-state index contributed by atoms with van der Waals surface area (Å²) in [4.78, 5) is 11.7. The Hall–Kier alpha value is -1.45. The molecule has 0 saturated carbocycles. The zero-order valence-electron chi connectivity index (χ0n) is 16.5. The standard InChI is InChI=1S/C19H30O7S2/c1-3-5-7-9-13-25-27-26-15-11-12-16(18(21)19(22)17(15)20)28(23,24)14-10-8-6-4-2/h11-12H,3-10,13-14H2,1-2H3,(H2,20,21,22). The molecule has 2 N–H and O–H groups in total. The van der Waals surface area contributed by atoms with E-state index in [9.17, 15) is 23.4 Å². The quantitative estimate of drug-likeness (QED) is 0.328. The highest BCUT2D eigenvalue weighted by atomic mass is 32.2. The number of aromatic hydroxyl groups is 2. The van der Waals surface area contributed by atoms with Crippen LogP contribution in [0, 0.1) is 0 Å². The van der Waals surface area contributed by atoms with Crippen molar-refractivity contribution in [2.24, 2.45) is 0 Å². The van der Waals surface area contributed by atoms with Gasteiger partial charge in [-0.2, -0.15) is 0 Å². The van der Waals surface area contributed by atoms with Crippen molar-refractivity contribution in [3.63, 3.8) is 0 Å². The van der Waals surface area contributed by atoms with Gasteiger partial charge in [0.25, 0.3) is 5.43 Å². The topological polar surface area (TPSA) is 110 Å². The molecule has 0 saturated heterocycles. The Bertz CT molecular complexity index is 764. The first-order chi connectivity index (χ1) is 13.3. The summed E-state index contributed by atoms with van der Waals surface area (Å²) in [6.45, 7) is 4.55. The fourth-order valence-corrected chi connectivity index (χ4v) is 4.38. The SMILES string of the molecule is CCCCCCOSOc1ccc(S(=O)(=O)CCCCCC)c(O)c(O)c1=O. The first-order valence-corrected chi connectivity index (χ1v) is 11.9. The van der Waals surface area contributed by atoms with E-state index >= 15 is 0 Å². The van der Waals surface area contributed by atoms with Gasteiger partial charge in [0.15, 0.2) is 21.3 Å². The molecule has 0 unspecified atom stereocenters. The molecule has 0 aliphatic heterocycles. The normalized spacial score (nSPS) is 11.5. The van der Waals surface area contributed by atoms with Crippen molar-refractivity contribution in [2.75, 3.05) is 12.4 Å². The molecule has 0 fully saturated rings. The van der Waals surface area contributed by atoms with E-state index in [0.29, 0.717) is 25.4 Å². The summed E-state index contributed by atoms with van der Waals surface area (Å²) in [5.41, 5.74) is -1.01. The predicted molar refractivity (Wildman–Crippen MR) is 111 cm³/mol. The fraction of sp³-hybridized carbons (Fsp3) is 0.632. The van der Waals surface area contributed by atoms with Gasteiger partial charge in [-0.1, -0.05) is 52.4 Å². The van der Waals surface area contributed by atoms with Crippen molar-refractivity contribution in [1.82, 2.24) is 0 Å². The molecule has 7 nitrogen and oxygen atoms in total. The molecule has 1 aromatic rings. The molecule has 0 radical (unpaired) electrons. The van der Waals surface area contributed by atoms with Crippen LogP contribution in [-0.4, -0.2) is 31.0 Å². The van der Waals surface area contributed by atoms with E-state index < -0.39 is 31.7 Å². The monoisotopic (exact) mass is 434 g/mol. The molecule has 0 bridgehead atoms. The Morgan fingerprint density at radius 1 is 0.929 bits per heavy atom. The summed E-state index contributed by atoms with van der Waals surface area (Å²) in [5, 5.41) is 20.0. The third-order valence-electron chi connectivity index (χ3n) is 4.14. The smallest absolute Gasteiger partial charge is 0.267 e. The molecule has 0 atom stereocenters. The van der Waals surface area contributed by atoms with Crippen LogP contribution in [0.1, 0.15) is 65.2 Å². The second-order valence-corrected chi connectivity index (χ2v) is 9.12. The third-order valence-corrected chi connectivity index (χ3v) is 6.47. The predicted octanol–water partition coefficient (Wildman–Crippen LogP) is 4.35. The van der Waals surface area contributed by atoms with E-state index in [4.69, 9.17) is 8.37 Å². The van der Waals surface area contributed by atoms with Crippen molar-refractivity contribution in [3.8, 4) is 17.2 Å². The van der Waals surface area contributed by atoms with Crippen molar-refractivity contribution in [1.29, 1.82) is 0 Å². The van der Waals surface area contributed by atoms with Crippen LogP contribution in [0.5, 0.6) is 17.2 Å². The van der Waals surface area contributed by atoms with Crippen LogP contribution in [0.2, 0.25) is 0 Å². The Balaban J connectivity index is 2.85. The summed E-state index contributed by atoms with van der Waals surface area (Å²) in [5.74, 6) is -2.51. The molecule has 160 valence electrons. The molecule has 1 rings (SSSR count). The van der Waals surface area contributed by atoms with Crippen LogP contribution in [-0.2, 0) is 14.0 Å². The summed E-state index contributed by atoms with van der Waals surface area (Å²) in [6, 6.07) is 2.19. The zero-order chi connectivity index (χ0) is 21.0. The second-order valence-electron chi connectivity index (χ2n) is 6.50. The molecule has 0 aliphatic rings. The third kappa shape index (κ3) is 7.89. The van der Waals surface area contributed by atoms with Gasteiger partial charge in [-0.15, -0.1) is 0 Å². The summed E-state index contributed by atoms with van der Waals surface area (Å²) < 4.78 is 35.3. The van der Waals surface area contributed by atoms with E-state index in [-0.39, 0.29) is 11.5 Å². The molecule has 1 aromatic carbocycles. The average Bonchev–Trinajstić information content (AvgIpc) is 2.77. The molecule has 0 aliphatic carbocycles. The number of hydrogen-bond acceptors (Lipinski definition) is 8. The molecule has 0 amide bonds. The van der Waals surface area contributed by atoms with Gasteiger partial charge >= 0.3 is 0 Å². The van der Waals surface area contributed by atoms with Crippen LogP contribution in [0.3, 0.4) is 0 Å². The van der Waals surface area contributed by atoms with Crippen molar-refractivity contribution in [3.05, 3.63) is 22.4 Å². The van der Waals surface area contributed by atoms with Gasteiger partial charge in [-0.3, -0.25) is 8.98 Å². The minimum Gasteiger partial charge on any atom is -0.503 e. The maximum absolute atomic E-state index is 12.5. The van der Waals surface area contributed by atoms with Gasteiger partial charge in [0.1, 0.15) is 4.90 Å². The molecule has 0 aromatic heterocycles. The number of hydrogen-bond donors (Lipinski definition) is 2. The summed E-state index contributed by atoms with van der Waals surface area (Å²) in [6.07, 6.45) is 7.15. The zero-order valence-corrected chi connectivity index (χ0v) is 18.1. The minimum absolute atomic E-state index is 0.177. The molecular weight excluding hydrogens is 404 g/mol. The lowest BCUT2D eigenvalue weighted by Crippen LogP contribution is -2.07. The fourth-order valence-electron chi connectivity index (χ4n) is 2.47. The van der Waals surface area contributed by atoms with Crippen molar-refractivity contribution in [2.45, 2.75) is 70.1 Å².